The van der Waals surface area contributed by atoms with Gasteiger partial charge in [-0.05, 0) is 76.8 Å². The second-order valence-electron chi connectivity index (χ2n) is 9.09. The Labute approximate surface area is 170 Å². The van der Waals surface area contributed by atoms with Crippen LogP contribution in [0.2, 0.25) is 0 Å². The van der Waals surface area contributed by atoms with Crippen molar-refractivity contribution in [3.8, 4) is 0 Å². The highest BCUT2D eigenvalue weighted by Crippen LogP contribution is 2.50. The summed E-state index contributed by atoms with van der Waals surface area (Å²) in [6, 6.07) is 1.07. The van der Waals surface area contributed by atoms with Gasteiger partial charge in [-0.2, -0.15) is 0 Å². The predicted octanol–water partition coefficient (Wildman–Crippen LogP) is 3.36. The highest BCUT2D eigenvalue weighted by Gasteiger charge is 2.51. The van der Waals surface area contributed by atoms with Gasteiger partial charge in [0, 0.05) is 38.6 Å². The Bertz CT molecular complexity index is 553. The Kier molecular flexibility index (Phi) is 6.89. The van der Waals surface area contributed by atoms with Crippen LogP contribution in [0.4, 0.5) is 4.79 Å². The van der Waals surface area contributed by atoms with E-state index in [1.807, 2.05) is 11.8 Å². The van der Waals surface area contributed by atoms with Crippen molar-refractivity contribution in [3.05, 3.63) is 0 Å². The third-order valence-corrected chi connectivity index (χ3v) is 7.50. The van der Waals surface area contributed by atoms with Crippen molar-refractivity contribution in [3.63, 3.8) is 0 Å². The maximum Gasteiger partial charge on any atom is 0.409 e. The molecule has 1 aliphatic carbocycles. The molecule has 160 valence electrons. The molecule has 3 rings (SSSR count). The summed E-state index contributed by atoms with van der Waals surface area (Å²) in [5.41, 5.74) is 0.341. The molecule has 2 amide bonds. The summed E-state index contributed by atoms with van der Waals surface area (Å²) in [5, 5.41) is 0. The van der Waals surface area contributed by atoms with Crippen LogP contribution in [0, 0.1) is 11.3 Å². The second kappa shape index (κ2) is 9.02. The molecule has 0 N–H and O–H groups in total. The number of nitrogens with zero attached hydrogens (tertiary/aromatic N) is 3. The molecule has 0 radical (unpaired) electrons. The summed E-state index contributed by atoms with van der Waals surface area (Å²) in [6.07, 6.45) is 6.87. The average molecular weight is 394 g/mol. The van der Waals surface area contributed by atoms with Crippen molar-refractivity contribution < 1.29 is 14.3 Å². The number of hydrogen-bond acceptors (Lipinski definition) is 4. The zero-order valence-corrected chi connectivity index (χ0v) is 18.3. The van der Waals surface area contributed by atoms with Crippen LogP contribution in [0.1, 0.15) is 66.2 Å². The molecule has 1 spiro atoms. The molecule has 28 heavy (non-hydrogen) atoms. The summed E-state index contributed by atoms with van der Waals surface area (Å²) < 4.78 is 5.17. The minimum Gasteiger partial charge on any atom is -0.450 e. The van der Waals surface area contributed by atoms with Crippen LogP contribution in [-0.4, -0.2) is 78.1 Å². The van der Waals surface area contributed by atoms with E-state index < -0.39 is 0 Å². The number of piperidine rings is 1. The molecule has 3 fully saturated rings. The lowest BCUT2D eigenvalue weighted by Gasteiger charge is -2.52. The van der Waals surface area contributed by atoms with Gasteiger partial charge < -0.3 is 19.4 Å². The third-order valence-electron chi connectivity index (χ3n) is 7.50. The molecule has 2 aliphatic heterocycles. The Hall–Kier alpha value is -1.30. The number of carbonyl (C=O) groups is 2. The largest absolute Gasteiger partial charge is 0.450 e. The molecule has 0 aromatic rings. The molecule has 2 saturated heterocycles. The van der Waals surface area contributed by atoms with Crippen LogP contribution in [0.3, 0.4) is 0 Å². The van der Waals surface area contributed by atoms with Crippen LogP contribution in [0.25, 0.3) is 0 Å². The Morgan fingerprint density at radius 3 is 2.36 bits per heavy atom. The smallest absolute Gasteiger partial charge is 0.409 e. The Morgan fingerprint density at radius 1 is 1.14 bits per heavy atom. The van der Waals surface area contributed by atoms with E-state index in [0.29, 0.717) is 30.0 Å². The standard InChI is InChI=1S/C22H39N3O3/c1-5-20(25(6-2)17(4)26)18-8-11-23(12-9-18)19-14-22(15-19)10-13-24(16-22)21(27)28-7-3/h18-20H,5-16H2,1-4H3. The van der Waals surface area contributed by atoms with Gasteiger partial charge in [0.25, 0.3) is 0 Å². The van der Waals surface area contributed by atoms with E-state index in [4.69, 9.17) is 4.74 Å². The molecule has 1 unspecified atom stereocenters. The first-order valence-electron chi connectivity index (χ1n) is 11.4. The summed E-state index contributed by atoms with van der Waals surface area (Å²) in [6.45, 7) is 13.2. The molecule has 6 nitrogen and oxygen atoms in total. The van der Waals surface area contributed by atoms with E-state index in [-0.39, 0.29) is 12.0 Å². The first-order chi connectivity index (χ1) is 13.4. The summed E-state index contributed by atoms with van der Waals surface area (Å²) in [5.74, 6) is 0.843. The van der Waals surface area contributed by atoms with Gasteiger partial charge in [-0.15, -0.1) is 0 Å². The quantitative estimate of drug-likeness (QED) is 0.694. The normalized spacial score (nSPS) is 29.6. The van der Waals surface area contributed by atoms with Gasteiger partial charge in [0.05, 0.1) is 6.61 Å². The zero-order chi connectivity index (χ0) is 20.3. The minimum atomic E-state index is -0.139. The van der Waals surface area contributed by atoms with E-state index >= 15 is 0 Å². The van der Waals surface area contributed by atoms with Crippen molar-refractivity contribution in [1.82, 2.24) is 14.7 Å². The predicted molar refractivity (Wildman–Crippen MR) is 110 cm³/mol. The van der Waals surface area contributed by atoms with E-state index in [1.165, 1.54) is 25.7 Å². The molecule has 3 aliphatic rings. The molecule has 2 heterocycles. The van der Waals surface area contributed by atoms with Gasteiger partial charge in [-0.25, -0.2) is 4.79 Å². The van der Waals surface area contributed by atoms with Gasteiger partial charge in [0.1, 0.15) is 0 Å². The number of likely N-dealkylation sites (tertiary alicyclic amines) is 2. The SMILES string of the molecule is CCOC(=O)N1CCC2(CC(N3CCC(C(CC)N(CC)C(C)=O)CC3)C2)C1. The van der Waals surface area contributed by atoms with Crippen LogP contribution in [0.15, 0.2) is 0 Å². The number of rotatable bonds is 6. The number of hydrogen-bond donors (Lipinski definition) is 0. The van der Waals surface area contributed by atoms with Crippen molar-refractivity contribution in [2.75, 3.05) is 39.3 Å². The fourth-order valence-corrected chi connectivity index (χ4v) is 6.01. The zero-order valence-electron chi connectivity index (χ0n) is 18.3. The number of ether oxygens (including phenoxy) is 1. The van der Waals surface area contributed by atoms with Gasteiger partial charge in [-0.3, -0.25) is 4.79 Å². The lowest BCUT2D eigenvalue weighted by Crippen LogP contribution is -2.55. The van der Waals surface area contributed by atoms with Crippen LogP contribution < -0.4 is 0 Å². The van der Waals surface area contributed by atoms with Crippen molar-refractivity contribution >= 4 is 12.0 Å². The monoisotopic (exact) mass is 393 g/mol. The molecule has 6 heteroatoms. The van der Waals surface area contributed by atoms with Gasteiger partial charge in [0.15, 0.2) is 0 Å². The van der Waals surface area contributed by atoms with E-state index in [0.717, 1.165) is 45.6 Å². The van der Waals surface area contributed by atoms with Gasteiger partial charge >= 0.3 is 6.09 Å². The topological polar surface area (TPSA) is 53.1 Å². The maximum absolute atomic E-state index is 12.0. The van der Waals surface area contributed by atoms with E-state index in [2.05, 4.69) is 23.6 Å². The highest BCUT2D eigenvalue weighted by molar-refractivity contribution is 5.73. The second-order valence-corrected chi connectivity index (χ2v) is 9.09. The minimum absolute atomic E-state index is 0.139. The highest BCUT2D eigenvalue weighted by atomic mass is 16.6. The number of amides is 2. The summed E-state index contributed by atoms with van der Waals surface area (Å²) >= 11 is 0. The molecule has 1 saturated carbocycles. The molecule has 1 atom stereocenters. The lowest BCUT2D eigenvalue weighted by atomic mass is 9.64. The van der Waals surface area contributed by atoms with Crippen LogP contribution in [0.5, 0.6) is 0 Å². The van der Waals surface area contributed by atoms with Crippen molar-refractivity contribution in [2.24, 2.45) is 11.3 Å². The average Bonchev–Trinajstić information content (AvgIpc) is 3.11. The number of carbonyl (C=O) groups excluding carboxylic acids is 2. The summed E-state index contributed by atoms with van der Waals surface area (Å²) in [4.78, 5) is 30.6. The molecule has 0 bridgehead atoms. The first kappa shape index (κ1) is 21.4. The molecular weight excluding hydrogens is 354 g/mol. The molecular formula is C22H39N3O3. The lowest BCUT2D eigenvalue weighted by molar-refractivity contribution is -0.132. The fraction of sp³-hybridized carbons (Fsp3) is 0.909. The fourth-order valence-electron chi connectivity index (χ4n) is 6.01. The first-order valence-corrected chi connectivity index (χ1v) is 11.4. The van der Waals surface area contributed by atoms with Crippen molar-refractivity contribution in [2.45, 2.75) is 78.3 Å². The van der Waals surface area contributed by atoms with Crippen LogP contribution >= 0.6 is 0 Å². The van der Waals surface area contributed by atoms with Gasteiger partial charge in [-0.1, -0.05) is 6.92 Å². The van der Waals surface area contributed by atoms with E-state index in [1.54, 1.807) is 6.92 Å². The molecule has 0 aromatic carbocycles. The third kappa shape index (κ3) is 4.32. The maximum atomic E-state index is 12.0. The Balaban J connectivity index is 1.46. The van der Waals surface area contributed by atoms with Gasteiger partial charge in [0.2, 0.25) is 5.91 Å². The van der Waals surface area contributed by atoms with Crippen molar-refractivity contribution in [1.29, 1.82) is 0 Å². The van der Waals surface area contributed by atoms with E-state index in [9.17, 15) is 9.59 Å². The summed E-state index contributed by atoms with van der Waals surface area (Å²) in [7, 11) is 0. The molecule has 0 aromatic heterocycles. The van der Waals surface area contributed by atoms with Crippen LogP contribution in [-0.2, 0) is 9.53 Å². The Morgan fingerprint density at radius 2 is 1.82 bits per heavy atom.